The molecule has 1 unspecified atom stereocenters. The van der Waals surface area contributed by atoms with E-state index in [4.69, 9.17) is 21.1 Å². The normalized spacial score (nSPS) is 18.1. The molecular weight excluding hydrogens is 406 g/mol. The van der Waals surface area contributed by atoms with Crippen LogP contribution in [0.1, 0.15) is 29.7 Å². The van der Waals surface area contributed by atoms with Crippen LogP contribution in [0.4, 0.5) is 0 Å². The number of amides is 1. The van der Waals surface area contributed by atoms with Crippen LogP contribution in [0.3, 0.4) is 0 Å². The first-order valence-corrected chi connectivity index (χ1v) is 10.0. The number of ketones is 1. The average molecular weight is 430 g/mol. The highest BCUT2D eigenvalue weighted by Gasteiger charge is 2.45. The van der Waals surface area contributed by atoms with Gasteiger partial charge in [0.25, 0.3) is 11.7 Å². The molecule has 1 amide bonds. The molecule has 1 aliphatic heterocycles. The summed E-state index contributed by atoms with van der Waals surface area (Å²) in [5.74, 6) is -1.24. The number of hydrogen-bond acceptors (Lipinski definition) is 5. The number of hydrogen-bond donors (Lipinski definition) is 1. The van der Waals surface area contributed by atoms with E-state index in [0.29, 0.717) is 16.3 Å². The Morgan fingerprint density at radius 3 is 2.40 bits per heavy atom. The van der Waals surface area contributed by atoms with Crippen molar-refractivity contribution >= 4 is 29.1 Å². The van der Waals surface area contributed by atoms with Gasteiger partial charge in [0.05, 0.1) is 30.4 Å². The summed E-state index contributed by atoms with van der Waals surface area (Å²) in [6.45, 7) is 2.54. The van der Waals surface area contributed by atoms with Crippen molar-refractivity contribution in [3.8, 4) is 5.75 Å². The second-order valence-electron chi connectivity index (χ2n) is 6.93. The molecule has 30 heavy (non-hydrogen) atoms. The second-order valence-corrected chi connectivity index (χ2v) is 7.34. The predicted octanol–water partition coefficient (Wildman–Crippen LogP) is 3.98. The van der Waals surface area contributed by atoms with Crippen LogP contribution in [0, 0.1) is 0 Å². The highest BCUT2D eigenvalue weighted by Crippen LogP contribution is 2.40. The van der Waals surface area contributed by atoms with Gasteiger partial charge in [0.2, 0.25) is 0 Å². The minimum absolute atomic E-state index is 0.0292. The number of benzene rings is 2. The largest absolute Gasteiger partial charge is 0.507 e. The SMILES string of the molecule is CCc1ccc(C2/C(=C(/O)c3ccc(OC)c(Cl)c3)C(=O)C(=O)N2CCOC)cc1. The molecule has 0 spiro atoms. The minimum atomic E-state index is -0.736. The van der Waals surface area contributed by atoms with Gasteiger partial charge in [-0.05, 0) is 35.7 Å². The topological polar surface area (TPSA) is 76.1 Å². The summed E-state index contributed by atoms with van der Waals surface area (Å²) in [5.41, 5.74) is 2.24. The number of rotatable bonds is 7. The summed E-state index contributed by atoms with van der Waals surface area (Å²) in [5, 5.41) is 11.3. The van der Waals surface area contributed by atoms with Crippen molar-refractivity contribution in [1.29, 1.82) is 0 Å². The first kappa shape index (κ1) is 21.9. The van der Waals surface area contributed by atoms with Crippen LogP contribution in [0.2, 0.25) is 5.02 Å². The first-order valence-electron chi connectivity index (χ1n) is 9.63. The number of aliphatic hydroxyl groups is 1. The fourth-order valence-corrected chi connectivity index (χ4v) is 3.81. The van der Waals surface area contributed by atoms with E-state index in [2.05, 4.69) is 0 Å². The highest BCUT2D eigenvalue weighted by molar-refractivity contribution is 6.46. The van der Waals surface area contributed by atoms with Crippen LogP contribution in [-0.2, 0) is 20.7 Å². The van der Waals surface area contributed by atoms with Gasteiger partial charge in [-0.2, -0.15) is 0 Å². The maximum atomic E-state index is 12.9. The van der Waals surface area contributed by atoms with E-state index >= 15 is 0 Å². The molecule has 0 radical (unpaired) electrons. The van der Waals surface area contributed by atoms with E-state index in [-0.39, 0.29) is 24.5 Å². The van der Waals surface area contributed by atoms with Gasteiger partial charge in [0.15, 0.2) is 0 Å². The Balaban J connectivity index is 2.14. The molecule has 1 fully saturated rings. The van der Waals surface area contributed by atoms with Gasteiger partial charge in [-0.25, -0.2) is 0 Å². The van der Waals surface area contributed by atoms with Crippen molar-refractivity contribution < 1.29 is 24.2 Å². The summed E-state index contributed by atoms with van der Waals surface area (Å²) in [4.78, 5) is 27.1. The number of Topliss-reactive ketones (excluding diaryl/α,β-unsaturated/α-hetero) is 1. The molecule has 1 N–H and O–H groups in total. The third-order valence-corrected chi connectivity index (χ3v) is 5.50. The predicted molar refractivity (Wildman–Crippen MR) is 115 cm³/mol. The fraction of sp³-hybridized carbons (Fsp3) is 0.304. The van der Waals surface area contributed by atoms with Crippen molar-refractivity contribution in [2.24, 2.45) is 0 Å². The number of likely N-dealkylation sites (tertiary alicyclic amines) is 1. The Labute approximate surface area is 180 Å². The lowest BCUT2D eigenvalue weighted by Gasteiger charge is -2.25. The van der Waals surface area contributed by atoms with Crippen LogP contribution in [-0.4, -0.2) is 49.1 Å². The van der Waals surface area contributed by atoms with E-state index in [1.54, 1.807) is 12.1 Å². The molecule has 3 rings (SSSR count). The molecule has 7 heteroatoms. The molecule has 1 saturated heterocycles. The van der Waals surface area contributed by atoms with Crippen LogP contribution in [0.15, 0.2) is 48.0 Å². The molecule has 0 aromatic heterocycles. The fourth-order valence-electron chi connectivity index (χ4n) is 3.55. The van der Waals surface area contributed by atoms with Crippen LogP contribution >= 0.6 is 11.6 Å². The van der Waals surface area contributed by atoms with Crippen molar-refractivity contribution in [1.82, 2.24) is 4.90 Å². The lowest BCUT2D eigenvalue weighted by atomic mass is 9.94. The number of ether oxygens (including phenoxy) is 2. The molecule has 0 bridgehead atoms. The summed E-state index contributed by atoms with van der Waals surface area (Å²) < 4.78 is 10.3. The quantitative estimate of drug-likeness (QED) is 0.409. The number of nitrogens with zero attached hydrogens (tertiary/aromatic N) is 1. The smallest absolute Gasteiger partial charge is 0.295 e. The third-order valence-electron chi connectivity index (χ3n) is 5.21. The number of halogens is 1. The summed E-state index contributed by atoms with van der Waals surface area (Å²) in [7, 11) is 3.02. The van der Waals surface area contributed by atoms with Crippen molar-refractivity contribution in [2.45, 2.75) is 19.4 Å². The zero-order chi connectivity index (χ0) is 21.8. The Hall–Kier alpha value is -2.83. The third kappa shape index (κ3) is 4.06. The van der Waals surface area contributed by atoms with E-state index in [1.807, 2.05) is 31.2 Å². The molecule has 1 atom stereocenters. The number of aryl methyl sites for hydroxylation is 1. The molecule has 0 saturated carbocycles. The van der Waals surface area contributed by atoms with E-state index in [9.17, 15) is 14.7 Å². The van der Waals surface area contributed by atoms with Crippen molar-refractivity contribution in [2.75, 3.05) is 27.4 Å². The number of carbonyl (C=O) groups excluding carboxylic acids is 2. The molecule has 0 aliphatic carbocycles. The number of carbonyl (C=O) groups is 2. The van der Waals surface area contributed by atoms with Crippen molar-refractivity contribution in [3.05, 3.63) is 69.8 Å². The Morgan fingerprint density at radius 1 is 1.13 bits per heavy atom. The lowest BCUT2D eigenvalue weighted by Crippen LogP contribution is -2.32. The highest BCUT2D eigenvalue weighted by atomic mass is 35.5. The van der Waals surface area contributed by atoms with Gasteiger partial charge in [-0.1, -0.05) is 42.8 Å². The first-order chi connectivity index (χ1) is 14.4. The molecular formula is C23H24ClNO5. The van der Waals surface area contributed by atoms with Crippen LogP contribution < -0.4 is 4.74 Å². The lowest BCUT2D eigenvalue weighted by molar-refractivity contribution is -0.140. The van der Waals surface area contributed by atoms with Crippen LogP contribution in [0.25, 0.3) is 5.76 Å². The summed E-state index contributed by atoms with van der Waals surface area (Å²) in [6, 6.07) is 11.7. The van der Waals surface area contributed by atoms with Gasteiger partial charge in [-0.3, -0.25) is 9.59 Å². The number of aliphatic hydroxyl groups excluding tert-OH is 1. The Bertz CT molecular complexity index is 984. The van der Waals surface area contributed by atoms with Gasteiger partial charge in [0.1, 0.15) is 11.5 Å². The van der Waals surface area contributed by atoms with Gasteiger partial charge in [0, 0.05) is 19.2 Å². The van der Waals surface area contributed by atoms with Gasteiger partial charge in [-0.15, -0.1) is 0 Å². The standard InChI is InChI=1S/C23H24ClNO5/c1-4-14-5-7-15(8-6-14)20-19(22(27)23(28)25(20)11-12-29-2)21(26)16-9-10-18(30-3)17(24)13-16/h5-10,13,20,26H,4,11-12H2,1-3H3/b21-19-. The number of methoxy groups -OCH3 is 2. The van der Waals surface area contributed by atoms with Crippen molar-refractivity contribution in [3.63, 3.8) is 0 Å². The second kappa shape index (κ2) is 9.32. The van der Waals surface area contributed by atoms with E-state index in [1.165, 1.54) is 25.2 Å². The maximum absolute atomic E-state index is 12.9. The van der Waals surface area contributed by atoms with E-state index in [0.717, 1.165) is 17.5 Å². The summed E-state index contributed by atoms with van der Waals surface area (Å²) >= 11 is 6.19. The molecule has 6 nitrogen and oxygen atoms in total. The molecule has 2 aromatic rings. The minimum Gasteiger partial charge on any atom is -0.507 e. The molecule has 1 aliphatic rings. The van der Waals surface area contributed by atoms with Gasteiger partial charge < -0.3 is 19.5 Å². The Kier molecular flexibility index (Phi) is 6.80. The maximum Gasteiger partial charge on any atom is 0.295 e. The summed E-state index contributed by atoms with van der Waals surface area (Å²) in [6.07, 6.45) is 0.870. The molecule has 1 heterocycles. The van der Waals surface area contributed by atoms with Crippen LogP contribution in [0.5, 0.6) is 5.75 Å². The monoisotopic (exact) mass is 429 g/mol. The Morgan fingerprint density at radius 2 is 1.83 bits per heavy atom. The van der Waals surface area contributed by atoms with E-state index < -0.39 is 17.7 Å². The molecule has 2 aromatic carbocycles. The zero-order valence-electron chi connectivity index (χ0n) is 17.1. The molecule has 158 valence electrons. The van der Waals surface area contributed by atoms with Gasteiger partial charge >= 0.3 is 0 Å². The average Bonchev–Trinajstić information content (AvgIpc) is 3.01. The zero-order valence-corrected chi connectivity index (χ0v) is 17.9.